The molecule has 0 spiro atoms. The average molecular weight is 174 g/mol. The van der Waals surface area contributed by atoms with Gasteiger partial charge in [0.25, 0.3) is 0 Å². The van der Waals surface area contributed by atoms with Crippen LogP contribution in [0.3, 0.4) is 0 Å². The first kappa shape index (κ1) is 6.69. The standard InChI is InChI=1S/C6H6NO.Zn/c1-8-6-3-2-4-7-5-6;/h2-4H,1H3;. The van der Waals surface area contributed by atoms with E-state index < -0.39 is 0 Å². The molecule has 1 rings (SSSR count). The zero-order valence-corrected chi connectivity index (χ0v) is 8.26. The first-order valence-corrected chi connectivity index (χ1v) is 4.14. The normalized spacial score (nSPS) is 9.22. The summed E-state index contributed by atoms with van der Waals surface area (Å²) in [7, 11) is 1.66. The second-order valence-electron chi connectivity index (χ2n) is 1.65. The van der Waals surface area contributed by atoms with Crippen molar-refractivity contribution >= 4 is 4.29 Å². The van der Waals surface area contributed by atoms with Gasteiger partial charge in [0, 0.05) is 0 Å². The molecule has 43 valence electrons. The average Bonchev–Trinajstić information content (AvgIpc) is 1.89. The van der Waals surface area contributed by atoms with Crippen molar-refractivity contribution in [2.45, 2.75) is 0 Å². The van der Waals surface area contributed by atoms with Crippen LogP contribution in [0.4, 0.5) is 0 Å². The summed E-state index contributed by atoms with van der Waals surface area (Å²) in [6, 6.07) is 3.80. The van der Waals surface area contributed by atoms with Gasteiger partial charge in [0.2, 0.25) is 0 Å². The Morgan fingerprint density at radius 2 is 2.44 bits per heavy atom. The maximum absolute atomic E-state index is 5.01. The van der Waals surface area contributed by atoms with E-state index in [0.717, 1.165) is 28.3 Å². The molecule has 0 amide bonds. The molecule has 0 bridgehead atoms. The molecule has 0 saturated carbocycles. The second-order valence-corrected chi connectivity index (χ2v) is 3.06. The zero-order chi connectivity index (χ0) is 6.69. The van der Waals surface area contributed by atoms with Crippen LogP contribution >= 0.6 is 0 Å². The molecular weight excluding hydrogens is 167 g/mol. The Morgan fingerprint density at radius 3 is 2.89 bits per heavy atom. The number of ether oxygens (including phenoxy) is 1. The number of hydrogen-bond acceptors (Lipinski definition) is 2. The summed E-state index contributed by atoms with van der Waals surface area (Å²) in [5, 5.41) is 0. The number of pyridine rings is 1. The van der Waals surface area contributed by atoms with Crippen LogP contribution in [0.25, 0.3) is 0 Å². The molecule has 1 aromatic heterocycles. The van der Waals surface area contributed by atoms with E-state index in [2.05, 4.69) is 4.98 Å². The Hall–Kier alpha value is -0.427. The Labute approximate surface area is 63.9 Å². The van der Waals surface area contributed by atoms with Crippen LogP contribution in [0.2, 0.25) is 0 Å². The van der Waals surface area contributed by atoms with Crippen LogP contribution in [0.1, 0.15) is 0 Å². The topological polar surface area (TPSA) is 22.1 Å². The van der Waals surface area contributed by atoms with Gasteiger partial charge in [-0.05, 0) is 0 Å². The summed E-state index contributed by atoms with van der Waals surface area (Å²) < 4.78 is 6.07. The second kappa shape index (κ2) is 2.93. The molecule has 0 radical (unpaired) electrons. The van der Waals surface area contributed by atoms with Gasteiger partial charge in [0.15, 0.2) is 0 Å². The van der Waals surface area contributed by atoms with E-state index in [4.69, 9.17) is 4.74 Å². The van der Waals surface area contributed by atoms with Gasteiger partial charge in [-0.3, -0.25) is 0 Å². The molecule has 0 N–H and O–H groups in total. The zero-order valence-electron chi connectivity index (χ0n) is 5.29. The summed E-state index contributed by atoms with van der Waals surface area (Å²) in [5.41, 5.74) is 0. The van der Waals surface area contributed by atoms with E-state index in [-0.39, 0.29) is 0 Å². The number of aromatic nitrogens is 1. The Morgan fingerprint density at radius 1 is 1.67 bits per heavy atom. The molecule has 1 aromatic rings. The molecule has 1 heterocycles. The predicted molar refractivity (Wildman–Crippen MR) is 30.4 cm³/mol. The summed E-state index contributed by atoms with van der Waals surface area (Å²) >= 11 is 1.05. The minimum atomic E-state index is 0.900. The van der Waals surface area contributed by atoms with E-state index in [1.807, 2.05) is 12.1 Å². The third kappa shape index (κ3) is 1.49. The molecule has 0 saturated heterocycles. The van der Waals surface area contributed by atoms with E-state index in [0.29, 0.717) is 0 Å². The fourth-order valence-electron chi connectivity index (χ4n) is 0.609. The predicted octanol–water partition coefficient (Wildman–Crippen LogP) is 0.262. The summed E-state index contributed by atoms with van der Waals surface area (Å²) in [4.78, 5) is 4.08. The number of nitrogens with zero attached hydrogens (tertiary/aromatic N) is 1. The number of rotatable bonds is 1. The van der Waals surface area contributed by atoms with Crippen molar-refractivity contribution in [1.29, 1.82) is 0 Å². The fourth-order valence-corrected chi connectivity index (χ4v) is 1.38. The molecule has 0 aliphatic rings. The molecule has 0 aliphatic carbocycles. The van der Waals surface area contributed by atoms with Crippen molar-refractivity contribution in [1.82, 2.24) is 4.98 Å². The van der Waals surface area contributed by atoms with Crippen LogP contribution in [-0.4, -0.2) is 12.1 Å². The van der Waals surface area contributed by atoms with Gasteiger partial charge in [-0.2, -0.15) is 0 Å². The third-order valence-corrected chi connectivity index (χ3v) is 2.18. The monoisotopic (exact) mass is 172 g/mol. The van der Waals surface area contributed by atoms with Gasteiger partial charge in [0.1, 0.15) is 0 Å². The van der Waals surface area contributed by atoms with E-state index in [1.165, 1.54) is 0 Å². The van der Waals surface area contributed by atoms with Gasteiger partial charge in [-0.1, -0.05) is 0 Å². The number of methoxy groups -OCH3 is 1. The quantitative estimate of drug-likeness (QED) is 0.569. The van der Waals surface area contributed by atoms with Crippen molar-refractivity contribution in [2.24, 2.45) is 0 Å². The van der Waals surface area contributed by atoms with Crippen molar-refractivity contribution in [2.75, 3.05) is 7.11 Å². The van der Waals surface area contributed by atoms with E-state index in [9.17, 15) is 0 Å². The van der Waals surface area contributed by atoms with E-state index >= 15 is 0 Å². The molecule has 0 unspecified atom stereocenters. The first-order valence-electron chi connectivity index (χ1n) is 2.65. The Bertz CT molecular complexity index is 202. The molecule has 3 heteroatoms. The Kier molecular flexibility index (Phi) is 2.18. The van der Waals surface area contributed by atoms with Gasteiger partial charge in [-0.15, -0.1) is 0 Å². The maximum atomic E-state index is 5.01. The fraction of sp³-hybridized carbons (Fsp3) is 0.167. The molecule has 0 aliphatic heterocycles. The van der Waals surface area contributed by atoms with Crippen molar-refractivity contribution in [3.63, 3.8) is 0 Å². The first-order chi connectivity index (χ1) is 4.34. The van der Waals surface area contributed by atoms with Crippen LogP contribution in [0, 0.1) is 0 Å². The Balaban J connectivity index is 3.01. The van der Waals surface area contributed by atoms with Crippen LogP contribution in [0.5, 0.6) is 5.75 Å². The molecule has 0 aromatic carbocycles. The SMILES string of the molecule is COc1cccn[c]1[Zn]. The summed E-state index contributed by atoms with van der Waals surface area (Å²) in [5.74, 6) is 0.900. The third-order valence-electron chi connectivity index (χ3n) is 1.07. The van der Waals surface area contributed by atoms with Gasteiger partial charge < -0.3 is 0 Å². The molecule has 2 nitrogen and oxygen atoms in total. The van der Waals surface area contributed by atoms with Gasteiger partial charge in [-0.25, -0.2) is 0 Å². The van der Waals surface area contributed by atoms with Crippen LogP contribution in [-0.2, 0) is 18.3 Å². The van der Waals surface area contributed by atoms with Gasteiger partial charge in [0.05, 0.1) is 0 Å². The van der Waals surface area contributed by atoms with Crippen molar-refractivity contribution < 1.29 is 23.0 Å². The van der Waals surface area contributed by atoms with Crippen molar-refractivity contribution in [3.05, 3.63) is 18.3 Å². The van der Waals surface area contributed by atoms with E-state index in [1.54, 1.807) is 13.3 Å². The molecule has 0 atom stereocenters. The molecule has 0 fully saturated rings. The molecule has 9 heavy (non-hydrogen) atoms. The van der Waals surface area contributed by atoms with Gasteiger partial charge >= 0.3 is 63.5 Å². The van der Waals surface area contributed by atoms with Crippen LogP contribution < -0.4 is 9.03 Å². The number of hydrogen-bond donors (Lipinski definition) is 0. The van der Waals surface area contributed by atoms with Crippen molar-refractivity contribution in [3.8, 4) is 5.75 Å². The molecular formula is C6H6NOZn. The van der Waals surface area contributed by atoms with Crippen LogP contribution in [0.15, 0.2) is 18.3 Å². The summed E-state index contributed by atoms with van der Waals surface area (Å²) in [6.45, 7) is 0. The summed E-state index contributed by atoms with van der Waals surface area (Å²) in [6.07, 6.45) is 1.78. The minimum absolute atomic E-state index is 0.900.